The number of hydrogen-bond acceptors (Lipinski definition) is 4. The van der Waals surface area contributed by atoms with Gasteiger partial charge in [0, 0.05) is 38.6 Å². The third-order valence-electron chi connectivity index (χ3n) is 6.30. The first-order valence-corrected chi connectivity index (χ1v) is 11.9. The summed E-state index contributed by atoms with van der Waals surface area (Å²) in [6, 6.07) is 8.61. The molecule has 1 N–H and O–H groups in total. The number of rotatable bonds is 7. The summed E-state index contributed by atoms with van der Waals surface area (Å²) >= 11 is 0. The van der Waals surface area contributed by atoms with Crippen LogP contribution in [0.5, 0.6) is 0 Å². The first-order chi connectivity index (χ1) is 14.9. The van der Waals surface area contributed by atoms with E-state index in [2.05, 4.69) is 41.4 Å². The van der Waals surface area contributed by atoms with E-state index >= 15 is 0 Å². The van der Waals surface area contributed by atoms with Crippen molar-refractivity contribution in [3.8, 4) is 0 Å². The number of amides is 2. The Morgan fingerprint density at radius 3 is 2.39 bits per heavy atom. The lowest BCUT2D eigenvalue weighted by Gasteiger charge is -2.31. The molecule has 2 fully saturated rings. The van der Waals surface area contributed by atoms with Crippen molar-refractivity contribution in [2.45, 2.75) is 59.5 Å². The van der Waals surface area contributed by atoms with Crippen molar-refractivity contribution >= 4 is 12.0 Å². The average Bonchev–Trinajstić information content (AvgIpc) is 2.77. The van der Waals surface area contributed by atoms with E-state index in [1.54, 1.807) is 4.90 Å². The van der Waals surface area contributed by atoms with E-state index in [1.807, 2.05) is 13.8 Å². The van der Waals surface area contributed by atoms with Crippen molar-refractivity contribution in [2.75, 3.05) is 32.8 Å². The first-order valence-electron chi connectivity index (χ1n) is 11.9. The van der Waals surface area contributed by atoms with Crippen LogP contribution in [0.4, 0.5) is 4.79 Å². The molecule has 6 heteroatoms. The molecule has 0 aliphatic carbocycles. The Morgan fingerprint density at radius 1 is 1.06 bits per heavy atom. The Hall–Kier alpha value is -2.08. The number of carbonyl (C=O) groups is 2. The van der Waals surface area contributed by atoms with Gasteiger partial charge in [-0.2, -0.15) is 0 Å². The topological polar surface area (TPSA) is 61.9 Å². The molecule has 6 nitrogen and oxygen atoms in total. The third-order valence-corrected chi connectivity index (χ3v) is 6.30. The molecular weight excluding hydrogens is 390 g/mol. The zero-order valence-electron chi connectivity index (χ0n) is 19.4. The van der Waals surface area contributed by atoms with Gasteiger partial charge in [0.1, 0.15) is 0 Å². The Balaban J connectivity index is 1.37. The van der Waals surface area contributed by atoms with Gasteiger partial charge < -0.3 is 15.0 Å². The van der Waals surface area contributed by atoms with Gasteiger partial charge in [0.2, 0.25) is 5.91 Å². The van der Waals surface area contributed by atoms with Crippen LogP contribution in [0.2, 0.25) is 0 Å². The van der Waals surface area contributed by atoms with E-state index < -0.39 is 0 Å². The molecule has 0 spiro atoms. The second-order valence-corrected chi connectivity index (χ2v) is 9.75. The Bertz CT molecular complexity index is 711. The van der Waals surface area contributed by atoms with Gasteiger partial charge in [-0.05, 0) is 55.2 Å². The molecule has 2 aliphatic rings. The molecule has 172 valence electrons. The maximum Gasteiger partial charge on any atom is 0.409 e. The van der Waals surface area contributed by atoms with Crippen molar-refractivity contribution in [2.24, 2.45) is 17.8 Å². The fourth-order valence-electron chi connectivity index (χ4n) is 4.44. The molecule has 1 unspecified atom stereocenters. The molecule has 1 aromatic carbocycles. The quantitative estimate of drug-likeness (QED) is 0.711. The molecule has 0 saturated carbocycles. The van der Waals surface area contributed by atoms with E-state index in [9.17, 15) is 9.59 Å². The molecule has 2 heterocycles. The minimum Gasteiger partial charge on any atom is -0.449 e. The number of nitrogens with one attached hydrogen (secondary N) is 1. The molecule has 2 amide bonds. The van der Waals surface area contributed by atoms with Crippen LogP contribution in [-0.2, 0) is 22.6 Å². The standard InChI is InChI=1S/C25H39N3O3/c1-19(2)18-31-25(30)28-13-10-23(11-14-28)24(29)26-15-21-6-8-22(9-7-21)17-27-12-4-5-20(3)16-27/h6-9,19-20,23H,4-5,10-18H2,1-3H3,(H,26,29). The highest BCUT2D eigenvalue weighted by Crippen LogP contribution is 2.20. The number of benzene rings is 1. The van der Waals surface area contributed by atoms with Crippen LogP contribution >= 0.6 is 0 Å². The fraction of sp³-hybridized carbons (Fsp3) is 0.680. The van der Waals surface area contributed by atoms with E-state index in [0.717, 1.165) is 18.0 Å². The minimum absolute atomic E-state index is 0.0329. The fourth-order valence-corrected chi connectivity index (χ4v) is 4.44. The number of carbonyl (C=O) groups excluding carboxylic acids is 2. The van der Waals surface area contributed by atoms with Crippen molar-refractivity contribution < 1.29 is 14.3 Å². The molecule has 1 aromatic rings. The molecule has 1 atom stereocenters. The second-order valence-electron chi connectivity index (χ2n) is 9.75. The Morgan fingerprint density at radius 2 is 1.74 bits per heavy atom. The van der Waals surface area contributed by atoms with Gasteiger partial charge in [-0.1, -0.05) is 45.0 Å². The van der Waals surface area contributed by atoms with Gasteiger partial charge in [0.25, 0.3) is 0 Å². The highest BCUT2D eigenvalue weighted by Gasteiger charge is 2.28. The van der Waals surface area contributed by atoms with Crippen LogP contribution in [0.25, 0.3) is 0 Å². The molecule has 0 aromatic heterocycles. The lowest BCUT2D eigenvalue weighted by atomic mass is 9.96. The molecule has 2 saturated heterocycles. The Kier molecular flexibility index (Phi) is 8.76. The van der Waals surface area contributed by atoms with Gasteiger partial charge in [-0.25, -0.2) is 4.79 Å². The van der Waals surface area contributed by atoms with Crippen LogP contribution in [0.3, 0.4) is 0 Å². The summed E-state index contributed by atoms with van der Waals surface area (Å²) in [4.78, 5) is 28.9. The second kappa shape index (κ2) is 11.5. The van der Waals surface area contributed by atoms with Gasteiger partial charge in [-0.15, -0.1) is 0 Å². The minimum atomic E-state index is -0.258. The monoisotopic (exact) mass is 429 g/mol. The van der Waals surface area contributed by atoms with Crippen LogP contribution in [0.15, 0.2) is 24.3 Å². The molecule has 31 heavy (non-hydrogen) atoms. The van der Waals surface area contributed by atoms with Crippen molar-refractivity contribution in [1.29, 1.82) is 0 Å². The molecular formula is C25H39N3O3. The van der Waals surface area contributed by atoms with Gasteiger partial charge in [0.15, 0.2) is 0 Å². The summed E-state index contributed by atoms with van der Waals surface area (Å²) in [5, 5.41) is 3.08. The maximum absolute atomic E-state index is 12.6. The summed E-state index contributed by atoms with van der Waals surface area (Å²) in [5.41, 5.74) is 2.46. The molecule has 2 aliphatic heterocycles. The van der Waals surface area contributed by atoms with Gasteiger partial charge in [-0.3, -0.25) is 9.69 Å². The number of ether oxygens (including phenoxy) is 1. The van der Waals surface area contributed by atoms with Gasteiger partial charge >= 0.3 is 6.09 Å². The predicted octanol–water partition coefficient (Wildman–Crippen LogP) is 4.04. The van der Waals surface area contributed by atoms with Crippen LogP contribution < -0.4 is 5.32 Å². The lowest BCUT2D eigenvalue weighted by molar-refractivity contribution is -0.126. The van der Waals surface area contributed by atoms with Crippen molar-refractivity contribution in [3.05, 3.63) is 35.4 Å². The summed E-state index contributed by atoms with van der Waals surface area (Å²) in [5.74, 6) is 1.17. The molecule has 0 radical (unpaired) electrons. The normalized spacial score (nSPS) is 20.6. The van der Waals surface area contributed by atoms with Gasteiger partial charge in [0.05, 0.1) is 6.61 Å². The smallest absolute Gasteiger partial charge is 0.409 e. The maximum atomic E-state index is 12.6. The van der Waals surface area contributed by atoms with E-state index in [0.29, 0.717) is 45.0 Å². The predicted molar refractivity (Wildman–Crippen MR) is 122 cm³/mol. The van der Waals surface area contributed by atoms with E-state index in [1.165, 1.54) is 31.5 Å². The van der Waals surface area contributed by atoms with Crippen molar-refractivity contribution in [1.82, 2.24) is 15.1 Å². The Labute approximate surface area is 187 Å². The zero-order chi connectivity index (χ0) is 22.2. The van der Waals surface area contributed by atoms with Crippen molar-refractivity contribution in [3.63, 3.8) is 0 Å². The van der Waals surface area contributed by atoms with Crippen LogP contribution in [0.1, 0.15) is 57.6 Å². The summed E-state index contributed by atoms with van der Waals surface area (Å²) in [6.45, 7) is 11.9. The zero-order valence-corrected chi connectivity index (χ0v) is 19.4. The van der Waals surface area contributed by atoms with Crippen LogP contribution in [-0.4, -0.2) is 54.6 Å². The summed E-state index contributed by atoms with van der Waals surface area (Å²) < 4.78 is 5.29. The number of nitrogens with zero attached hydrogens (tertiary/aromatic N) is 2. The first kappa shape index (κ1) is 23.6. The SMILES string of the molecule is CC(C)COC(=O)N1CCC(C(=O)NCc2ccc(CN3CCCC(C)C3)cc2)CC1. The third kappa shape index (κ3) is 7.53. The van der Waals surface area contributed by atoms with E-state index in [4.69, 9.17) is 4.74 Å². The molecule has 3 rings (SSSR count). The lowest BCUT2D eigenvalue weighted by Crippen LogP contribution is -2.43. The highest BCUT2D eigenvalue weighted by molar-refractivity contribution is 5.79. The molecule has 0 bridgehead atoms. The largest absolute Gasteiger partial charge is 0.449 e. The van der Waals surface area contributed by atoms with Crippen LogP contribution in [0, 0.1) is 17.8 Å². The number of piperidine rings is 2. The average molecular weight is 430 g/mol. The van der Waals surface area contributed by atoms with E-state index in [-0.39, 0.29) is 17.9 Å². The summed E-state index contributed by atoms with van der Waals surface area (Å²) in [6.07, 6.45) is 3.76. The number of hydrogen-bond donors (Lipinski definition) is 1. The summed E-state index contributed by atoms with van der Waals surface area (Å²) in [7, 11) is 0. The highest BCUT2D eigenvalue weighted by atomic mass is 16.6. The number of likely N-dealkylation sites (tertiary alicyclic amines) is 2.